The van der Waals surface area contributed by atoms with Crippen LogP contribution in [0.15, 0.2) is 24.0 Å². The van der Waals surface area contributed by atoms with Gasteiger partial charge < -0.3 is 10.6 Å². The molecule has 0 spiro atoms. The van der Waals surface area contributed by atoms with E-state index in [1.165, 1.54) is 44.2 Å². The molecule has 1 unspecified atom stereocenters. The molecular formula is C14H24N2. The van der Waals surface area contributed by atoms with Gasteiger partial charge in [-0.1, -0.05) is 32.8 Å². The van der Waals surface area contributed by atoms with Crippen molar-refractivity contribution in [2.75, 3.05) is 13.1 Å². The van der Waals surface area contributed by atoms with Gasteiger partial charge in [-0.3, -0.25) is 0 Å². The van der Waals surface area contributed by atoms with Crippen molar-refractivity contribution in [1.29, 1.82) is 0 Å². The summed E-state index contributed by atoms with van der Waals surface area (Å²) in [4.78, 5) is 0. The minimum atomic E-state index is 0.499. The smallest absolute Gasteiger partial charge is 0.0195 e. The lowest BCUT2D eigenvalue weighted by molar-refractivity contribution is 0.345. The minimum absolute atomic E-state index is 0.499. The van der Waals surface area contributed by atoms with Crippen LogP contribution in [-0.4, -0.2) is 13.1 Å². The Kier molecular flexibility index (Phi) is 4.05. The highest BCUT2D eigenvalue weighted by Crippen LogP contribution is 2.24. The fourth-order valence-electron chi connectivity index (χ4n) is 2.68. The van der Waals surface area contributed by atoms with Gasteiger partial charge >= 0.3 is 0 Å². The number of hydrogen-bond acceptors (Lipinski definition) is 2. The van der Waals surface area contributed by atoms with Gasteiger partial charge in [0.2, 0.25) is 0 Å². The normalized spacial score (nSPS) is 26.7. The van der Waals surface area contributed by atoms with Crippen LogP contribution in [0.2, 0.25) is 0 Å². The highest BCUT2D eigenvalue weighted by molar-refractivity contribution is 5.26. The zero-order valence-corrected chi connectivity index (χ0v) is 10.4. The first-order chi connectivity index (χ1) is 7.77. The van der Waals surface area contributed by atoms with Crippen LogP contribution in [0, 0.1) is 11.8 Å². The highest BCUT2D eigenvalue weighted by Gasteiger charge is 2.18. The zero-order chi connectivity index (χ0) is 11.4. The Balaban J connectivity index is 1.66. The first kappa shape index (κ1) is 11.7. The Morgan fingerprint density at radius 3 is 2.75 bits per heavy atom. The largest absolute Gasteiger partial charge is 0.365 e. The lowest BCUT2D eigenvalue weighted by Gasteiger charge is -2.22. The predicted molar refractivity (Wildman–Crippen MR) is 69.0 cm³/mol. The fraction of sp³-hybridized carbons (Fsp3) is 0.714. The Labute approximate surface area is 99.2 Å². The second-order valence-electron chi connectivity index (χ2n) is 5.25. The van der Waals surface area contributed by atoms with Gasteiger partial charge in [0.05, 0.1) is 0 Å². The van der Waals surface area contributed by atoms with Crippen LogP contribution in [0.5, 0.6) is 0 Å². The van der Waals surface area contributed by atoms with Gasteiger partial charge in [0.25, 0.3) is 0 Å². The molecule has 0 saturated heterocycles. The maximum Gasteiger partial charge on any atom is 0.0195 e. The molecule has 2 heteroatoms. The molecule has 0 bridgehead atoms. The van der Waals surface area contributed by atoms with E-state index in [-0.39, 0.29) is 0 Å². The van der Waals surface area contributed by atoms with E-state index in [0.717, 1.165) is 18.2 Å². The van der Waals surface area contributed by atoms with Crippen LogP contribution >= 0.6 is 0 Å². The maximum atomic E-state index is 3.99. The van der Waals surface area contributed by atoms with E-state index >= 15 is 0 Å². The lowest BCUT2D eigenvalue weighted by atomic mass is 9.89. The van der Waals surface area contributed by atoms with Crippen LogP contribution in [0.1, 0.15) is 39.0 Å². The molecule has 2 nitrogen and oxygen atoms in total. The molecule has 0 amide bonds. The molecule has 0 aromatic heterocycles. The maximum absolute atomic E-state index is 3.99. The molecule has 16 heavy (non-hydrogen) atoms. The lowest BCUT2D eigenvalue weighted by Crippen LogP contribution is -2.27. The van der Waals surface area contributed by atoms with Crippen molar-refractivity contribution < 1.29 is 0 Å². The molecule has 1 heterocycles. The molecule has 1 atom stereocenters. The van der Waals surface area contributed by atoms with Crippen molar-refractivity contribution in [2.24, 2.45) is 11.8 Å². The van der Waals surface area contributed by atoms with E-state index < -0.39 is 0 Å². The first-order valence-corrected chi connectivity index (χ1v) is 6.62. The minimum Gasteiger partial charge on any atom is -0.365 e. The standard InChI is InChI=1S/C14H24N2/c1-11-12(2)16-10-14(11)9-15-8-13-6-4-3-5-7-13/h10-11,13,15-16H,2-9H2,1H3. The zero-order valence-electron chi connectivity index (χ0n) is 10.4. The SMILES string of the molecule is C=C1NC=C(CNCC2CCCCC2)C1C. The van der Waals surface area contributed by atoms with Crippen molar-refractivity contribution in [3.63, 3.8) is 0 Å². The van der Waals surface area contributed by atoms with E-state index in [4.69, 9.17) is 0 Å². The molecular weight excluding hydrogens is 196 g/mol. The van der Waals surface area contributed by atoms with Crippen molar-refractivity contribution in [2.45, 2.75) is 39.0 Å². The quantitative estimate of drug-likeness (QED) is 0.761. The van der Waals surface area contributed by atoms with Crippen LogP contribution in [0.3, 0.4) is 0 Å². The molecule has 2 aliphatic rings. The summed E-state index contributed by atoms with van der Waals surface area (Å²) in [6.07, 6.45) is 9.27. The summed E-state index contributed by atoms with van der Waals surface area (Å²) in [6.45, 7) is 8.42. The van der Waals surface area contributed by atoms with Gasteiger partial charge in [-0.05, 0) is 30.9 Å². The third-order valence-electron chi connectivity index (χ3n) is 4.01. The van der Waals surface area contributed by atoms with Crippen molar-refractivity contribution in [1.82, 2.24) is 10.6 Å². The third-order valence-corrected chi connectivity index (χ3v) is 4.01. The number of nitrogens with one attached hydrogen (secondary N) is 2. The summed E-state index contributed by atoms with van der Waals surface area (Å²) in [6, 6.07) is 0. The molecule has 0 aromatic carbocycles. The molecule has 0 radical (unpaired) electrons. The van der Waals surface area contributed by atoms with Gasteiger partial charge in [-0.15, -0.1) is 0 Å². The second-order valence-corrected chi connectivity index (χ2v) is 5.25. The van der Waals surface area contributed by atoms with Gasteiger partial charge in [-0.25, -0.2) is 0 Å². The summed E-state index contributed by atoms with van der Waals surface area (Å²) >= 11 is 0. The molecule has 2 N–H and O–H groups in total. The highest BCUT2D eigenvalue weighted by atomic mass is 14.9. The predicted octanol–water partition coefficient (Wildman–Crippen LogP) is 2.79. The summed E-state index contributed by atoms with van der Waals surface area (Å²) in [5.74, 6) is 1.42. The molecule has 1 aliphatic heterocycles. The molecule has 1 aliphatic carbocycles. The van der Waals surface area contributed by atoms with Gasteiger partial charge in [0.1, 0.15) is 0 Å². The Bertz CT molecular complexity index is 274. The van der Waals surface area contributed by atoms with Gasteiger partial charge in [0.15, 0.2) is 0 Å². The average molecular weight is 220 g/mol. The number of rotatable bonds is 4. The Morgan fingerprint density at radius 1 is 1.38 bits per heavy atom. The second kappa shape index (κ2) is 5.53. The van der Waals surface area contributed by atoms with Crippen LogP contribution in [0.25, 0.3) is 0 Å². The summed E-state index contributed by atoms with van der Waals surface area (Å²) in [5, 5.41) is 6.81. The summed E-state index contributed by atoms with van der Waals surface area (Å²) in [5.41, 5.74) is 2.58. The van der Waals surface area contributed by atoms with Crippen molar-refractivity contribution >= 4 is 0 Å². The van der Waals surface area contributed by atoms with E-state index in [9.17, 15) is 0 Å². The van der Waals surface area contributed by atoms with Crippen LogP contribution in [0.4, 0.5) is 0 Å². The molecule has 0 aromatic rings. The molecule has 1 saturated carbocycles. The van der Waals surface area contributed by atoms with Gasteiger partial charge in [-0.2, -0.15) is 0 Å². The average Bonchev–Trinajstić information content (AvgIpc) is 2.62. The van der Waals surface area contributed by atoms with Crippen molar-refractivity contribution in [3.8, 4) is 0 Å². The monoisotopic (exact) mass is 220 g/mol. The topological polar surface area (TPSA) is 24.1 Å². The van der Waals surface area contributed by atoms with Gasteiger partial charge in [0, 0.05) is 24.4 Å². The summed E-state index contributed by atoms with van der Waals surface area (Å²) in [7, 11) is 0. The van der Waals surface area contributed by atoms with E-state index in [0.29, 0.717) is 5.92 Å². The number of hydrogen-bond donors (Lipinski definition) is 2. The Morgan fingerprint density at radius 2 is 2.12 bits per heavy atom. The number of allylic oxidation sites excluding steroid dienone is 1. The van der Waals surface area contributed by atoms with Crippen LogP contribution < -0.4 is 10.6 Å². The summed E-state index contributed by atoms with van der Waals surface area (Å²) < 4.78 is 0. The molecule has 90 valence electrons. The van der Waals surface area contributed by atoms with E-state index in [1.807, 2.05) is 0 Å². The van der Waals surface area contributed by atoms with E-state index in [1.54, 1.807) is 0 Å². The molecule has 2 rings (SSSR count). The first-order valence-electron chi connectivity index (χ1n) is 6.62. The Hall–Kier alpha value is -0.760. The molecule has 1 fully saturated rings. The van der Waals surface area contributed by atoms with Crippen LogP contribution in [-0.2, 0) is 0 Å². The van der Waals surface area contributed by atoms with E-state index in [2.05, 4.69) is 30.3 Å². The third kappa shape index (κ3) is 2.88. The fourth-order valence-corrected chi connectivity index (χ4v) is 2.68. The van der Waals surface area contributed by atoms with Crippen molar-refractivity contribution in [3.05, 3.63) is 24.0 Å².